The van der Waals surface area contributed by atoms with Crippen molar-refractivity contribution in [2.75, 3.05) is 18.6 Å². The van der Waals surface area contributed by atoms with Crippen molar-refractivity contribution in [3.8, 4) is 5.75 Å². The summed E-state index contributed by atoms with van der Waals surface area (Å²) in [5.41, 5.74) is 6.17. The Balaban J connectivity index is 1.96. The Bertz CT molecular complexity index is 521. The molecule has 0 bridgehead atoms. The number of hydrogen-bond acceptors (Lipinski definition) is 4. The van der Waals surface area contributed by atoms with Crippen LogP contribution in [-0.4, -0.2) is 21.3 Å². The lowest BCUT2D eigenvalue weighted by Gasteiger charge is -2.25. The van der Waals surface area contributed by atoms with Crippen LogP contribution >= 0.6 is 0 Å². The van der Waals surface area contributed by atoms with Crippen LogP contribution in [0.1, 0.15) is 25.7 Å². The molecule has 0 saturated heterocycles. The lowest BCUT2D eigenvalue weighted by Crippen LogP contribution is -2.14. The molecular formula is C13H19NO3S. The third-order valence-electron chi connectivity index (χ3n) is 3.42. The van der Waals surface area contributed by atoms with Crippen LogP contribution in [0.2, 0.25) is 0 Å². The van der Waals surface area contributed by atoms with Crippen LogP contribution in [0, 0.1) is 5.92 Å². The van der Waals surface area contributed by atoms with E-state index < -0.39 is 9.84 Å². The highest BCUT2D eigenvalue weighted by atomic mass is 32.2. The smallest absolute Gasteiger partial charge is 0.175 e. The molecule has 0 radical (unpaired) electrons. The molecule has 100 valence electrons. The van der Waals surface area contributed by atoms with E-state index in [2.05, 4.69) is 0 Å². The molecule has 0 aliphatic heterocycles. The third-order valence-corrected chi connectivity index (χ3v) is 4.53. The lowest BCUT2D eigenvalue weighted by atomic mass is 9.83. The number of anilines is 1. The topological polar surface area (TPSA) is 69.4 Å². The van der Waals surface area contributed by atoms with Crippen molar-refractivity contribution < 1.29 is 13.2 Å². The van der Waals surface area contributed by atoms with Crippen LogP contribution in [0.5, 0.6) is 5.75 Å². The molecule has 4 nitrogen and oxygen atoms in total. The summed E-state index contributed by atoms with van der Waals surface area (Å²) in [6.45, 7) is 0.646. The molecule has 0 atom stereocenters. The summed E-state index contributed by atoms with van der Waals surface area (Å²) in [6, 6.07) is 4.62. The van der Waals surface area contributed by atoms with Gasteiger partial charge in [-0.05, 0) is 30.5 Å². The second-order valence-corrected chi connectivity index (χ2v) is 6.92. The van der Waals surface area contributed by atoms with Crippen LogP contribution < -0.4 is 10.5 Å². The summed E-state index contributed by atoms with van der Waals surface area (Å²) >= 11 is 0. The first-order chi connectivity index (χ1) is 8.47. The summed E-state index contributed by atoms with van der Waals surface area (Å²) in [4.78, 5) is 0.228. The van der Waals surface area contributed by atoms with Gasteiger partial charge in [-0.2, -0.15) is 0 Å². The van der Waals surface area contributed by atoms with Crippen molar-refractivity contribution in [3.63, 3.8) is 0 Å². The van der Waals surface area contributed by atoms with E-state index in [-0.39, 0.29) is 4.90 Å². The van der Waals surface area contributed by atoms with Gasteiger partial charge in [-0.3, -0.25) is 0 Å². The number of rotatable bonds is 5. The second-order valence-electron chi connectivity index (χ2n) is 4.91. The van der Waals surface area contributed by atoms with Gasteiger partial charge < -0.3 is 10.5 Å². The summed E-state index contributed by atoms with van der Waals surface area (Å²) < 4.78 is 28.3. The van der Waals surface area contributed by atoms with Crippen molar-refractivity contribution in [1.29, 1.82) is 0 Å². The standard InChI is InChI=1S/C13H19NO3S/c1-18(15,16)11-5-6-13(12(14)9-11)17-8-7-10-3-2-4-10/h5-6,9-10H,2-4,7-8,14H2,1H3. The minimum Gasteiger partial charge on any atom is -0.491 e. The van der Waals surface area contributed by atoms with E-state index in [0.717, 1.165) is 12.3 Å². The Hall–Kier alpha value is -1.23. The van der Waals surface area contributed by atoms with Gasteiger partial charge in [-0.15, -0.1) is 0 Å². The van der Waals surface area contributed by atoms with Gasteiger partial charge in [0.1, 0.15) is 5.75 Å². The lowest BCUT2D eigenvalue weighted by molar-refractivity contribution is 0.222. The Labute approximate surface area is 108 Å². The number of ether oxygens (including phenoxy) is 1. The van der Waals surface area contributed by atoms with Crippen molar-refractivity contribution >= 4 is 15.5 Å². The Morgan fingerprint density at radius 1 is 1.39 bits per heavy atom. The minimum atomic E-state index is -3.21. The monoisotopic (exact) mass is 269 g/mol. The summed E-state index contributed by atoms with van der Waals surface area (Å²) in [7, 11) is -3.21. The maximum Gasteiger partial charge on any atom is 0.175 e. The molecule has 0 heterocycles. The number of nitrogens with two attached hydrogens (primary N) is 1. The van der Waals surface area contributed by atoms with Gasteiger partial charge in [-0.1, -0.05) is 19.3 Å². The predicted molar refractivity (Wildman–Crippen MR) is 71.4 cm³/mol. The summed E-state index contributed by atoms with van der Waals surface area (Å²) in [5.74, 6) is 1.36. The van der Waals surface area contributed by atoms with Gasteiger partial charge in [0, 0.05) is 6.26 Å². The van der Waals surface area contributed by atoms with E-state index in [4.69, 9.17) is 10.5 Å². The van der Waals surface area contributed by atoms with Crippen LogP contribution in [0.25, 0.3) is 0 Å². The number of benzene rings is 1. The second kappa shape index (κ2) is 5.18. The molecule has 2 rings (SSSR count). The van der Waals surface area contributed by atoms with E-state index in [1.807, 2.05) is 0 Å². The molecule has 1 fully saturated rings. The zero-order valence-corrected chi connectivity index (χ0v) is 11.4. The predicted octanol–water partition coefficient (Wildman–Crippen LogP) is 2.24. The molecule has 0 amide bonds. The molecular weight excluding hydrogens is 250 g/mol. The molecule has 1 aliphatic carbocycles. The zero-order valence-electron chi connectivity index (χ0n) is 10.6. The highest BCUT2D eigenvalue weighted by Crippen LogP contribution is 2.30. The number of nitrogen functional groups attached to an aromatic ring is 1. The van der Waals surface area contributed by atoms with Gasteiger partial charge >= 0.3 is 0 Å². The largest absolute Gasteiger partial charge is 0.491 e. The van der Waals surface area contributed by atoms with Crippen LogP contribution in [0.4, 0.5) is 5.69 Å². The average Bonchev–Trinajstić information content (AvgIpc) is 2.22. The van der Waals surface area contributed by atoms with E-state index in [1.165, 1.54) is 37.7 Å². The van der Waals surface area contributed by atoms with Crippen LogP contribution in [-0.2, 0) is 9.84 Å². The van der Waals surface area contributed by atoms with Crippen LogP contribution in [0.15, 0.2) is 23.1 Å². The van der Waals surface area contributed by atoms with Crippen molar-refractivity contribution in [2.45, 2.75) is 30.6 Å². The zero-order chi connectivity index (χ0) is 13.2. The summed E-state index contributed by atoms with van der Waals surface area (Å²) in [5, 5.41) is 0. The van der Waals surface area contributed by atoms with Crippen molar-refractivity contribution in [1.82, 2.24) is 0 Å². The molecule has 0 unspecified atom stereocenters. The fourth-order valence-corrected chi connectivity index (χ4v) is 2.66. The number of sulfone groups is 1. The quantitative estimate of drug-likeness (QED) is 0.832. The molecule has 0 aromatic heterocycles. The first-order valence-corrected chi connectivity index (χ1v) is 8.08. The van der Waals surface area contributed by atoms with E-state index in [0.29, 0.717) is 18.0 Å². The maximum absolute atomic E-state index is 11.3. The normalized spacial score (nSPS) is 16.3. The molecule has 18 heavy (non-hydrogen) atoms. The molecule has 2 N–H and O–H groups in total. The van der Waals surface area contributed by atoms with E-state index in [9.17, 15) is 8.42 Å². The molecule has 5 heteroatoms. The Kier molecular flexibility index (Phi) is 3.80. The van der Waals surface area contributed by atoms with E-state index in [1.54, 1.807) is 6.07 Å². The van der Waals surface area contributed by atoms with Crippen LogP contribution in [0.3, 0.4) is 0 Å². The molecule has 1 aromatic carbocycles. The van der Waals surface area contributed by atoms with Gasteiger partial charge in [0.05, 0.1) is 17.2 Å². The first-order valence-electron chi connectivity index (χ1n) is 6.19. The number of hydrogen-bond donors (Lipinski definition) is 1. The summed E-state index contributed by atoms with van der Waals surface area (Å²) in [6.07, 6.45) is 6.14. The minimum absolute atomic E-state index is 0.228. The SMILES string of the molecule is CS(=O)(=O)c1ccc(OCCC2CCC2)c(N)c1. The van der Waals surface area contributed by atoms with E-state index >= 15 is 0 Å². The third kappa shape index (κ3) is 3.16. The van der Waals surface area contributed by atoms with Gasteiger partial charge in [0.25, 0.3) is 0 Å². The molecule has 1 aliphatic rings. The Morgan fingerprint density at radius 2 is 2.11 bits per heavy atom. The molecule has 0 spiro atoms. The Morgan fingerprint density at radius 3 is 2.61 bits per heavy atom. The highest BCUT2D eigenvalue weighted by molar-refractivity contribution is 7.90. The van der Waals surface area contributed by atoms with Crippen molar-refractivity contribution in [3.05, 3.63) is 18.2 Å². The average molecular weight is 269 g/mol. The molecule has 1 saturated carbocycles. The fraction of sp³-hybridized carbons (Fsp3) is 0.538. The van der Waals surface area contributed by atoms with Gasteiger partial charge in [0.2, 0.25) is 0 Å². The highest BCUT2D eigenvalue weighted by Gasteiger charge is 2.17. The first kappa shape index (κ1) is 13.2. The fourth-order valence-electron chi connectivity index (χ4n) is 2.01. The molecule has 1 aromatic rings. The van der Waals surface area contributed by atoms with Gasteiger partial charge in [-0.25, -0.2) is 8.42 Å². The van der Waals surface area contributed by atoms with Crippen molar-refractivity contribution in [2.24, 2.45) is 5.92 Å². The maximum atomic E-state index is 11.3. The van der Waals surface area contributed by atoms with Gasteiger partial charge in [0.15, 0.2) is 9.84 Å².